The maximum Gasteiger partial charge on any atom is 0.412 e. The second kappa shape index (κ2) is 9.04. The molecule has 0 aliphatic carbocycles. The molecule has 3 aliphatic rings. The minimum Gasteiger partial charge on any atom is -0.497 e. The van der Waals surface area contributed by atoms with Crippen LogP contribution in [0, 0.1) is 0 Å². The third-order valence-electron chi connectivity index (χ3n) is 6.18. The molecule has 0 saturated carbocycles. The Morgan fingerprint density at radius 3 is 2.66 bits per heavy atom. The molecule has 2 aromatic carbocycles. The van der Waals surface area contributed by atoms with E-state index in [4.69, 9.17) is 28.4 Å². The quantitative estimate of drug-likeness (QED) is 0.578. The highest BCUT2D eigenvalue weighted by Gasteiger charge is 2.51. The zero-order valence-electron chi connectivity index (χ0n) is 18.8. The van der Waals surface area contributed by atoms with Crippen molar-refractivity contribution in [3.63, 3.8) is 0 Å². The number of fused-ring (bicyclic) bond motifs is 2. The van der Waals surface area contributed by atoms with Crippen LogP contribution in [-0.4, -0.2) is 78.1 Å². The number of nitrogens with one attached hydrogen (secondary N) is 1. The van der Waals surface area contributed by atoms with E-state index in [0.29, 0.717) is 48.6 Å². The van der Waals surface area contributed by atoms with Gasteiger partial charge in [-0.3, -0.25) is 5.32 Å². The molecule has 1 aromatic heterocycles. The SMILES string of the molecule is COc1ccc(NC(=O)O[C@@H]2CO[C@H]3[C@@H]2OC[C@@H]3n2nnnc2-c2ccc3c(c2)OCCO3)cc1. The molecule has 1 N–H and O–H groups in total. The number of hydrogen-bond donors (Lipinski definition) is 1. The summed E-state index contributed by atoms with van der Waals surface area (Å²) < 4.78 is 35.7. The summed E-state index contributed by atoms with van der Waals surface area (Å²) >= 11 is 0. The molecule has 12 heteroatoms. The maximum absolute atomic E-state index is 12.4. The fourth-order valence-electron chi connectivity index (χ4n) is 4.50. The van der Waals surface area contributed by atoms with Crippen LogP contribution in [0.5, 0.6) is 17.2 Å². The Morgan fingerprint density at radius 1 is 1.03 bits per heavy atom. The first kappa shape index (κ1) is 21.6. The predicted molar refractivity (Wildman–Crippen MR) is 120 cm³/mol. The Bertz CT molecular complexity index is 1220. The standard InChI is InChI=1S/C23H23N5O7/c1-30-15-5-3-14(4-6-15)24-23(29)35-19-12-34-20-16(11-33-21(19)20)28-22(25-26-27-28)13-2-7-17-18(10-13)32-9-8-31-17/h2-7,10,16,19-21H,8-9,11-12H2,1H3,(H,24,29)/t16-,19+,20+,21+/m0/s1. The fourth-order valence-corrected chi connectivity index (χ4v) is 4.50. The lowest BCUT2D eigenvalue weighted by Crippen LogP contribution is -2.35. The Balaban J connectivity index is 1.13. The Labute approximate surface area is 200 Å². The molecule has 2 fully saturated rings. The van der Waals surface area contributed by atoms with Gasteiger partial charge in [0.1, 0.15) is 37.2 Å². The summed E-state index contributed by atoms with van der Waals surface area (Å²) in [6.07, 6.45) is -1.94. The van der Waals surface area contributed by atoms with Crippen LogP contribution in [0.4, 0.5) is 10.5 Å². The highest BCUT2D eigenvalue weighted by Crippen LogP contribution is 2.38. The summed E-state index contributed by atoms with van der Waals surface area (Å²) in [5, 5.41) is 15.0. The predicted octanol–water partition coefficient (Wildman–Crippen LogP) is 2.08. The van der Waals surface area contributed by atoms with Crippen molar-refractivity contribution in [1.29, 1.82) is 0 Å². The average molecular weight is 481 g/mol. The average Bonchev–Trinajstić information content (AvgIpc) is 3.62. The monoisotopic (exact) mass is 481 g/mol. The van der Waals surface area contributed by atoms with E-state index in [2.05, 4.69) is 20.8 Å². The normalized spacial score (nSPS) is 24.6. The highest BCUT2D eigenvalue weighted by atomic mass is 16.6. The van der Waals surface area contributed by atoms with Gasteiger partial charge in [0.25, 0.3) is 0 Å². The van der Waals surface area contributed by atoms with E-state index in [9.17, 15) is 4.79 Å². The number of methoxy groups -OCH3 is 1. The Kier molecular flexibility index (Phi) is 5.58. The van der Waals surface area contributed by atoms with Crippen LogP contribution in [0.1, 0.15) is 6.04 Å². The van der Waals surface area contributed by atoms with Gasteiger partial charge in [-0.2, -0.15) is 0 Å². The number of hydrogen-bond acceptors (Lipinski definition) is 10. The van der Waals surface area contributed by atoms with Crippen LogP contribution in [0.25, 0.3) is 11.4 Å². The summed E-state index contributed by atoms with van der Waals surface area (Å²) in [6.45, 7) is 1.54. The second-order valence-corrected chi connectivity index (χ2v) is 8.27. The van der Waals surface area contributed by atoms with Gasteiger partial charge in [-0.05, 0) is 52.9 Å². The minimum atomic E-state index is -0.587. The van der Waals surface area contributed by atoms with Gasteiger partial charge in [-0.15, -0.1) is 5.10 Å². The lowest BCUT2D eigenvalue weighted by Gasteiger charge is -2.20. The van der Waals surface area contributed by atoms with Gasteiger partial charge in [0.2, 0.25) is 0 Å². The van der Waals surface area contributed by atoms with Gasteiger partial charge in [-0.1, -0.05) is 0 Å². The summed E-state index contributed by atoms with van der Waals surface area (Å²) in [5.41, 5.74) is 1.38. The van der Waals surface area contributed by atoms with Crippen LogP contribution in [-0.2, 0) is 14.2 Å². The topological polar surface area (TPSA) is 128 Å². The van der Waals surface area contributed by atoms with Crippen LogP contribution < -0.4 is 19.5 Å². The first-order chi connectivity index (χ1) is 17.2. The number of benzene rings is 2. The van der Waals surface area contributed by atoms with E-state index in [-0.39, 0.29) is 18.8 Å². The van der Waals surface area contributed by atoms with Crippen LogP contribution in [0.3, 0.4) is 0 Å². The molecule has 3 aromatic rings. The fraction of sp³-hybridized carbons (Fsp3) is 0.391. The van der Waals surface area contributed by atoms with Gasteiger partial charge in [-0.25, -0.2) is 9.48 Å². The number of nitrogens with zero attached hydrogens (tertiary/aromatic N) is 4. The first-order valence-corrected chi connectivity index (χ1v) is 11.2. The zero-order chi connectivity index (χ0) is 23.8. The van der Waals surface area contributed by atoms with Crippen molar-refractivity contribution in [1.82, 2.24) is 20.2 Å². The van der Waals surface area contributed by atoms with Crippen LogP contribution >= 0.6 is 0 Å². The number of amides is 1. The van der Waals surface area contributed by atoms with Crippen molar-refractivity contribution in [3.8, 4) is 28.6 Å². The maximum atomic E-state index is 12.4. The second-order valence-electron chi connectivity index (χ2n) is 8.27. The summed E-state index contributed by atoms with van der Waals surface area (Å²) in [6, 6.07) is 12.3. The third-order valence-corrected chi connectivity index (χ3v) is 6.18. The number of ether oxygens (including phenoxy) is 6. The van der Waals surface area contributed by atoms with Crippen molar-refractivity contribution in [2.75, 3.05) is 38.9 Å². The molecule has 0 spiro atoms. The highest BCUT2D eigenvalue weighted by molar-refractivity contribution is 5.84. The molecule has 182 valence electrons. The van der Waals surface area contributed by atoms with E-state index >= 15 is 0 Å². The molecule has 3 aliphatic heterocycles. The van der Waals surface area contributed by atoms with Gasteiger partial charge >= 0.3 is 6.09 Å². The number of tetrazole rings is 1. The molecule has 4 atom stereocenters. The van der Waals surface area contributed by atoms with Crippen molar-refractivity contribution in [2.45, 2.75) is 24.4 Å². The van der Waals surface area contributed by atoms with Crippen molar-refractivity contribution >= 4 is 11.8 Å². The largest absolute Gasteiger partial charge is 0.497 e. The van der Waals surface area contributed by atoms with E-state index in [1.165, 1.54) is 0 Å². The third kappa shape index (κ3) is 4.10. The lowest BCUT2D eigenvalue weighted by molar-refractivity contribution is 0.00774. The van der Waals surface area contributed by atoms with E-state index in [0.717, 1.165) is 5.56 Å². The van der Waals surface area contributed by atoms with Crippen molar-refractivity contribution < 1.29 is 33.2 Å². The molecule has 35 heavy (non-hydrogen) atoms. The van der Waals surface area contributed by atoms with Gasteiger partial charge < -0.3 is 28.4 Å². The van der Waals surface area contributed by atoms with Crippen LogP contribution in [0.15, 0.2) is 42.5 Å². The molecular formula is C23H23N5O7. The zero-order valence-corrected chi connectivity index (χ0v) is 18.8. The summed E-state index contributed by atoms with van der Waals surface area (Å²) in [7, 11) is 1.58. The molecular weight excluding hydrogens is 458 g/mol. The van der Waals surface area contributed by atoms with Crippen LogP contribution in [0.2, 0.25) is 0 Å². The molecule has 0 unspecified atom stereocenters. The number of carbonyl (C=O) groups excluding carboxylic acids is 1. The van der Waals surface area contributed by atoms with E-state index in [1.54, 1.807) is 36.1 Å². The van der Waals surface area contributed by atoms with Crippen molar-refractivity contribution in [2.24, 2.45) is 0 Å². The molecule has 1 amide bonds. The number of rotatable bonds is 5. The van der Waals surface area contributed by atoms with Gasteiger partial charge in [0.05, 0.1) is 20.3 Å². The summed E-state index contributed by atoms with van der Waals surface area (Å²) in [5.74, 6) is 2.59. The smallest absolute Gasteiger partial charge is 0.412 e. The number of carbonyl (C=O) groups is 1. The molecule has 12 nitrogen and oxygen atoms in total. The van der Waals surface area contributed by atoms with Gasteiger partial charge in [0, 0.05) is 11.3 Å². The summed E-state index contributed by atoms with van der Waals surface area (Å²) in [4.78, 5) is 12.4. The molecule has 6 rings (SSSR count). The molecule has 0 radical (unpaired) electrons. The lowest BCUT2D eigenvalue weighted by atomic mass is 10.1. The number of anilines is 1. The molecule has 0 bridgehead atoms. The Hall–Kier alpha value is -3.90. The molecule has 2 saturated heterocycles. The van der Waals surface area contributed by atoms with E-state index < -0.39 is 18.3 Å². The first-order valence-electron chi connectivity index (χ1n) is 11.2. The van der Waals surface area contributed by atoms with Gasteiger partial charge in [0.15, 0.2) is 23.4 Å². The van der Waals surface area contributed by atoms with Crippen molar-refractivity contribution in [3.05, 3.63) is 42.5 Å². The number of aromatic nitrogens is 4. The Morgan fingerprint density at radius 2 is 1.83 bits per heavy atom. The minimum absolute atomic E-state index is 0.212. The van der Waals surface area contributed by atoms with E-state index in [1.807, 2.05) is 18.2 Å². The molecule has 4 heterocycles.